The largest absolute Gasteiger partial charge is 0.618 e. The van der Waals surface area contributed by atoms with Crippen LogP contribution in [0.25, 0.3) is 10.8 Å². The highest BCUT2D eigenvalue weighted by Crippen LogP contribution is 2.27. The Morgan fingerprint density at radius 3 is 2.38 bits per heavy atom. The van der Waals surface area contributed by atoms with Gasteiger partial charge in [0.1, 0.15) is 0 Å². The standard InChI is InChI=1S/C18H15NOS/c1-21-18-12-11-14-7-5-6-10-16(14)17(18)13-19(20)15-8-3-2-4-9-15/h2-13H,1H3. The second kappa shape index (κ2) is 6.02. The van der Waals surface area contributed by atoms with E-state index in [0.29, 0.717) is 5.69 Å². The van der Waals surface area contributed by atoms with Crippen LogP contribution in [0.5, 0.6) is 0 Å². The van der Waals surface area contributed by atoms with E-state index in [9.17, 15) is 5.21 Å². The Hall–Kier alpha value is -2.26. The Morgan fingerprint density at radius 2 is 1.62 bits per heavy atom. The molecule has 0 unspecified atom stereocenters. The molecule has 0 bridgehead atoms. The summed E-state index contributed by atoms with van der Waals surface area (Å²) in [4.78, 5) is 1.10. The minimum absolute atomic E-state index is 0.637. The van der Waals surface area contributed by atoms with Crippen molar-refractivity contribution in [1.29, 1.82) is 0 Å². The highest BCUT2D eigenvalue weighted by Gasteiger charge is 2.09. The summed E-state index contributed by atoms with van der Waals surface area (Å²) in [5.41, 5.74) is 1.61. The number of nitrogens with zero attached hydrogens (tertiary/aromatic N) is 1. The highest BCUT2D eigenvalue weighted by molar-refractivity contribution is 7.98. The quantitative estimate of drug-likeness (QED) is 0.227. The number of benzene rings is 3. The first-order valence-electron chi connectivity index (χ1n) is 6.71. The maximum Gasteiger partial charge on any atom is 0.216 e. The molecule has 3 aromatic rings. The van der Waals surface area contributed by atoms with Gasteiger partial charge in [-0.3, -0.25) is 0 Å². The van der Waals surface area contributed by atoms with Gasteiger partial charge >= 0.3 is 0 Å². The van der Waals surface area contributed by atoms with E-state index in [4.69, 9.17) is 0 Å². The van der Waals surface area contributed by atoms with Gasteiger partial charge in [-0.1, -0.05) is 48.5 Å². The van der Waals surface area contributed by atoms with Gasteiger partial charge in [-0.2, -0.15) is 4.74 Å². The summed E-state index contributed by atoms with van der Waals surface area (Å²) in [6.45, 7) is 0. The second-order valence-electron chi connectivity index (χ2n) is 4.69. The van der Waals surface area contributed by atoms with Crippen molar-refractivity contribution in [2.45, 2.75) is 4.90 Å². The molecule has 0 saturated carbocycles. The molecule has 0 fully saturated rings. The molecule has 0 atom stereocenters. The van der Waals surface area contributed by atoms with E-state index in [0.717, 1.165) is 26.0 Å². The van der Waals surface area contributed by atoms with E-state index in [2.05, 4.69) is 24.3 Å². The van der Waals surface area contributed by atoms with Gasteiger partial charge in [0.2, 0.25) is 5.69 Å². The van der Waals surface area contributed by atoms with Crippen LogP contribution in [0.3, 0.4) is 0 Å². The maximum atomic E-state index is 12.4. The predicted octanol–water partition coefficient (Wildman–Crippen LogP) is 4.82. The molecule has 2 nitrogen and oxygen atoms in total. The zero-order valence-electron chi connectivity index (χ0n) is 11.7. The third-order valence-electron chi connectivity index (χ3n) is 3.41. The monoisotopic (exact) mass is 293 g/mol. The average molecular weight is 293 g/mol. The lowest BCUT2D eigenvalue weighted by Gasteiger charge is -2.08. The lowest BCUT2D eigenvalue weighted by atomic mass is 10.1. The first-order valence-corrected chi connectivity index (χ1v) is 7.94. The van der Waals surface area contributed by atoms with Gasteiger partial charge in [0.15, 0.2) is 6.21 Å². The van der Waals surface area contributed by atoms with Crippen molar-refractivity contribution in [2.75, 3.05) is 6.26 Å². The Morgan fingerprint density at radius 1 is 0.905 bits per heavy atom. The summed E-state index contributed by atoms with van der Waals surface area (Å²) < 4.78 is 0.932. The molecule has 0 heterocycles. The van der Waals surface area contributed by atoms with Crippen molar-refractivity contribution < 1.29 is 4.74 Å². The molecule has 0 amide bonds. The highest BCUT2D eigenvalue weighted by atomic mass is 32.2. The van der Waals surface area contributed by atoms with Crippen LogP contribution in [0, 0.1) is 5.21 Å². The molecular formula is C18H15NOS. The molecule has 0 N–H and O–H groups in total. The number of hydrogen-bond acceptors (Lipinski definition) is 2. The molecule has 0 saturated heterocycles. The third kappa shape index (κ3) is 2.78. The molecule has 3 aromatic carbocycles. The van der Waals surface area contributed by atoms with Crippen LogP contribution >= 0.6 is 11.8 Å². The van der Waals surface area contributed by atoms with Crippen molar-refractivity contribution in [2.24, 2.45) is 0 Å². The molecule has 0 aliphatic rings. The predicted molar refractivity (Wildman–Crippen MR) is 90.6 cm³/mol. The lowest BCUT2D eigenvalue weighted by molar-refractivity contribution is -0.354. The summed E-state index contributed by atoms with van der Waals surface area (Å²) in [6, 6.07) is 21.6. The van der Waals surface area contributed by atoms with Crippen LogP contribution in [-0.4, -0.2) is 17.2 Å². The minimum atomic E-state index is 0.637. The fourth-order valence-corrected chi connectivity index (χ4v) is 2.94. The first kappa shape index (κ1) is 13.7. The third-order valence-corrected chi connectivity index (χ3v) is 4.20. The smallest absolute Gasteiger partial charge is 0.216 e. The maximum absolute atomic E-state index is 12.4. The van der Waals surface area contributed by atoms with Gasteiger partial charge in [0.05, 0.1) is 5.56 Å². The number of rotatable bonds is 3. The van der Waals surface area contributed by atoms with Crippen LogP contribution in [0.2, 0.25) is 0 Å². The fraction of sp³-hybridized carbons (Fsp3) is 0.0556. The summed E-state index contributed by atoms with van der Waals surface area (Å²) in [5.74, 6) is 0. The number of para-hydroxylation sites is 1. The molecule has 104 valence electrons. The zero-order chi connectivity index (χ0) is 14.7. The number of fused-ring (bicyclic) bond motifs is 1. The number of thioether (sulfide) groups is 1. The van der Waals surface area contributed by atoms with Crippen molar-refractivity contribution in [1.82, 2.24) is 0 Å². The Bertz CT molecular complexity index is 797. The van der Waals surface area contributed by atoms with E-state index < -0.39 is 0 Å². The first-order chi connectivity index (χ1) is 10.3. The van der Waals surface area contributed by atoms with Gasteiger partial charge in [0.25, 0.3) is 0 Å². The lowest BCUT2D eigenvalue weighted by Crippen LogP contribution is -2.00. The molecule has 21 heavy (non-hydrogen) atoms. The molecule has 3 heteroatoms. The Labute approximate surface area is 128 Å². The zero-order valence-corrected chi connectivity index (χ0v) is 12.5. The van der Waals surface area contributed by atoms with Crippen molar-refractivity contribution in [3.05, 3.63) is 77.5 Å². The van der Waals surface area contributed by atoms with E-state index in [-0.39, 0.29) is 0 Å². The second-order valence-corrected chi connectivity index (χ2v) is 5.54. The van der Waals surface area contributed by atoms with E-state index in [1.807, 2.05) is 48.7 Å². The van der Waals surface area contributed by atoms with Gasteiger partial charge in [-0.25, -0.2) is 0 Å². The summed E-state index contributed by atoms with van der Waals surface area (Å²) in [6.07, 6.45) is 3.70. The molecule has 0 radical (unpaired) electrons. The normalized spacial score (nSPS) is 11.8. The molecule has 0 aliphatic heterocycles. The van der Waals surface area contributed by atoms with E-state index in [1.165, 1.54) is 0 Å². The van der Waals surface area contributed by atoms with Crippen LogP contribution < -0.4 is 0 Å². The van der Waals surface area contributed by atoms with Gasteiger partial charge in [0, 0.05) is 17.0 Å². The van der Waals surface area contributed by atoms with Gasteiger partial charge in [-0.15, -0.1) is 11.8 Å². The minimum Gasteiger partial charge on any atom is -0.618 e. The topological polar surface area (TPSA) is 26.1 Å². The van der Waals surface area contributed by atoms with E-state index in [1.54, 1.807) is 18.0 Å². The van der Waals surface area contributed by atoms with Crippen LogP contribution in [0.1, 0.15) is 5.56 Å². The van der Waals surface area contributed by atoms with Gasteiger partial charge in [-0.05, 0) is 23.1 Å². The van der Waals surface area contributed by atoms with Crippen molar-refractivity contribution in [3.8, 4) is 0 Å². The summed E-state index contributed by atoms with van der Waals surface area (Å²) in [5, 5.41) is 14.6. The summed E-state index contributed by atoms with van der Waals surface area (Å²) >= 11 is 1.65. The van der Waals surface area contributed by atoms with Crippen molar-refractivity contribution in [3.63, 3.8) is 0 Å². The Kier molecular flexibility index (Phi) is 3.93. The summed E-state index contributed by atoms with van der Waals surface area (Å²) in [7, 11) is 0. The van der Waals surface area contributed by atoms with E-state index >= 15 is 0 Å². The molecule has 0 aliphatic carbocycles. The Balaban J connectivity index is 2.19. The SMILES string of the molecule is CSc1ccc2ccccc2c1C=[N+]([O-])c1ccccc1. The molecular weight excluding hydrogens is 278 g/mol. The van der Waals surface area contributed by atoms with Crippen LogP contribution in [0.15, 0.2) is 71.6 Å². The van der Waals surface area contributed by atoms with Crippen LogP contribution in [0.4, 0.5) is 5.69 Å². The molecule has 0 aromatic heterocycles. The van der Waals surface area contributed by atoms with Crippen molar-refractivity contribution >= 4 is 34.4 Å². The van der Waals surface area contributed by atoms with Crippen LogP contribution in [-0.2, 0) is 0 Å². The number of hydrogen-bond donors (Lipinski definition) is 0. The average Bonchev–Trinajstić information content (AvgIpc) is 2.56. The fourth-order valence-electron chi connectivity index (χ4n) is 2.35. The molecule has 0 spiro atoms. The van der Waals surface area contributed by atoms with Gasteiger partial charge < -0.3 is 5.21 Å². The molecule has 3 rings (SSSR count).